The Morgan fingerprint density at radius 1 is 1.33 bits per heavy atom. The first-order chi connectivity index (χ1) is 10.2. The summed E-state index contributed by atoms with van der Waals surface area (Å²) in [4.78, 5) is 11.7. The van der Waals surface area contributed by atoms with Crippen molar-refractivity contribution in [2.45, 2.75) is 32.6 Å². The van der Waals surface area contributed by atoms with Crippen LogP contribution in [0.2, 0.25) is 0 Å². The molecule has 1 saturated carbocycles. The quantitative estimate of drug-likeness (QED) is 0.819. The van der Waals surface area contributed by atoms with Crippen molar-refractivity contribution < 1.29 is 14.3 Å². The maximum atomic E-state index is 11.7. The third kappa shape index (κ3) is 4.48. The van der Waals surface area contributed by atoms with Gasteiger partial charge < -0.3 is 9.47 Å². The topological polar surface area (TPSA) is 59.9 Å². The highest BCUT2D eigenvalue weighted by molar-refractivity contribution is 5.89. The van der Waals surface area contributed by atoms with Gasteiger partial charge >= 0.3 is 0 Å². The molecule has 0 heterocycles. The van der Waals surface area contributed by atoms with Crippen LogP contribution in [0.1, 0.15) is 32.6 Å². The van der Waals surface area contributed by atoms with Crippen molar-refractivity contribution in [1.29, 1.82) is 0 Å². The monoisotopic (exact) mass is 290 g/mol. The third-order valence-electron chi connectivity index (χ3n) is 3.70. The molecule has 2 rings (SSSR count). The van der Waals surface area contributed by atoms with E-state index in [0.29, 0.717) is 11.7 Å². The minimum Gasteiger partial charge on any atom is -0.497 e. The van der Waals surface area contributed by atoms with Gasteiger partial charge in [0.25, 0.3) is 5.91 Å². The lowest BCUT2D eigenvalue weighted by molar-refractivity contribution is -0.123. The second-order valence-corrected chi connectivity index (χ2v) is 5.10. The molecular weight excluding hydrogens is 268 g/mol. The summed E-state index contributed by atoms with van der Waals surface area (Å²) in [5.74, 6) is 1.67. The molecule has 1 fully saturated rings. The Morgan fingerprint density at radius 2 is 2.05 bits per heavy atom. The number of benzene rings is 1. The second-order valence-electron chi connectivity index (χ2n) is 5.10. The summed E-state index contributed by atoms with van der Waals surface area (Å²) < 4.78 is 10.5. The molecular formula is C16H22N2O3. The molecule has 1 aromatic carbocycles. The lowest BCUT2D eigenvalue weighted by Crippen LogP contribution is -2.26. The molecule has 1 unspecified atom stereocenters. The van der Waals surface area contributed by atoms with Gasteiger partial charge in [-0.2, -0.15) is 5.10 Å². The molecule has 5 nitrogen and oxygen atoms in total. The predicted octanol–water partition coefficient (Wildman–Crippen LogP) is 2.76. The Balaban J connectivity index is 1.78. The van der Waals surface area contributed by atoms with Crippen molar-refractivity contribution in [1.82, 2.24) is 5.43 Å². The van der Waals surface area contributed by atoms with Crippen LogP contribution in [0.3, 0.4) is 0 Å². The van der Waals surface area contributed by atoms with Crippen LogP contribution in [0.5, 0.6) is 11.5 Å². The van der Waals surface area contributed by atoms with Gasteiger partial charge in [-0.1, -0.05) is 6.92 Å². The van der Waals surface area contributed by atoms with Crippen molar-refractivity contribution in [2.24, 2.45) is 11.0 Å². The van der Waals surface area contributed by atoms with Gasteiger partial charge in [0.15, 0.2) is 6.61 Å². The van der Waals surface area contributed by atoms with Crippen molar-refractivity contribution in [2.75, 3.05) is 13.7 Å². The highest BCUT2D eigenvalue weighted by atomic mass is 16.5. The first kappa shape index (κ1) is 15.4. The summed E-state index contributed by atoms with van der Waals surface area (Å²) in [6, 6.07) is 7.11. The zero-order valence-electron chi connectivity index (χ0n) is 12.6. The predicted molar refractivity (Wildman–Crippen MR) is 81.7 cm³/mol. The highest BCUT2D eigenvalue weighted by Crippen LogP contribution is 2.24. The van der Waals surface area contributed by atoms with Gasteiger partial charge in [0.2, 0.25) is 0 Å². The van der Waals surface area contributed by atoms with Gasteiger partial charge in [0.05, 0.1) is 7.11 Å². The van der Waals surface area contributed by atoms with E-state index in [1.165, 1.54) is 6.42 Å². The van der Waals surface area contributed by atoms with E-state index >= 15 is 0 Å². The molecule has 0 bridgehead atoms. The molecule has 1 aromatic rings. The average molecular weight is 290 g/mol. The number of carbonyl (C=O) groups is 1. The molecule has 0 radical (unpaired) electrons. The van der Waals surface area contributed by atoms with Gasteiger partial charge in [0, 0.05) is 5.71 Å². The van der Waals surface area contributed by atoms with E-state index in [1.807, 2.05) is 0 Å². The number of amides is 1. The zero-order chi connectivity index (χ0) is 15.1. The van der Waals surface area contributed by atoms with E-state index in [9.17, 15) is 4.79 Å². The number of nitrogens with zero attached hydrogens (tertiary/aromatic N) is 1. The summed E-state index contributed by atoms with van der Waals surface area (Å²) in [6.45, 7) is 2.11. The molecule has 114 valence electrons. The molecule has 1 N–H and O–H groups in total. The minimum absolute atomic E-state index is 0.0418. The van der Waals surface area contributed by atoms with Gasteiger partial charge in [0.1, 0.15) is 11.5 Å². The van der Waals surface area contributed by atoms with Crippen LogP contribution < -0.4 is 14.9 Å². The van der Waals surface area contributed by atoms with Crippen LogP contribution in [-0.4, -0.2) is 25.3 Å². The van der Waals surface area contributed by atoms with Crippen molar-refractivity contribution in [3.63, 3.8) is 0 Å². The number of nitrogens with one attached hydrogen (secondary N) is 1. The zero-order valence-corrected chi connectivity index (χ0v) is 12.6. The molecule has 0 saturated heterocycles. The molecule has 0 spiro atoms. The number of hydrazone groups is 1. The van der Waals surface area contributed by atoms with E-state index in [0.717, 1.165) is 30.7 Å². The number of rotatable bonds is 6. The van der Waals surface area contributed by atoms with E-state index < -0.39 is 0 Å². The van der Waals surface area contributed by atoms with Crippen LogP contribution >= 0.6 is 0 Å². The smallest absolute Gasteiger partial charge is 0.277 e. The van der Waals surface area contributed by atoms with E-state index in [2.05, 4.69) is 17.5 Å². The molecule has 0 aromatic heterocycles. The van der Waals surface area contributed by atoms with Gasteiger partial charge in [-0.15, -0.1) is 0 Å². The SMILES string of the molecule is CCC1CCCC1=NNC(=O)COc1ccc(OC)cc1. The maximum absolute atomic E-state index is 11.7. The Hall–Kier alpha value is -2.04. The number of carbonyl (C=O) groups excluding carboxylic acids is 1. The summed E-state index contributed by atoms with van der Waals surface area (Å²) in [7, 11) is 1.61. The number of methoxy groups -OCH3 is 1. The number of ether oxygens (including phenoxy) is 2. The molecule has 5 heteroatoms. The first-order valence-electron chi connectivity index (χ1n) is 7.35. The minimum atomic E-state index is -0.236. The lowest BCUT2D eigenvalue weighted by atomic mass is 10.0. The number of hydrogen-bond donors (Lipinski definition) is 1. The van der Waals surface area contributed by atoms with Crippen LogP contribution in [-0.2, 0) is 4.79 Å². The summed E-state index contributed by atoms with van der Waals surface area (Å²) >= 11 is 0. The van der Waals surface area contributed by atoms with Gasteiger partial charge in [-0.3, -0.25) is 4.79 Å². The molecule has 1 amide bonds. The maximum Gasteiger partial charge on any atom is 0.277 e. The summed E-state index contributed by atoms with van der Waals surface area (Å²) in [6.07, 6.45) is 4.40. The van der Waals surface area contributed by atoms with Crippen LogP contribution in [0.15, 0.2) is 29.4 Å². The fourth-order valence-corrected chi connectivity index (χ4v) is 2.47. The van der Waals surface area contributed by atoms with E-state index in [-0.39, 0.29) is 12.5 Å². The second kappa shape index (κ2) is 7.67. The molecule has 1 aliphatic rings. The fourth-order valence-electron chi connectivity index (χ4n) is 2.47. The molecule has 21 heavy (non-hydrogen) atoms. The van der Waals surface area contributed by atoms with Crippen molar-refractivity contribution in [3.05, 3.63) is 24.3 Å². The Labute approximate surface area is 125 Å². The molecule has 1 aliphatic carbocycles. The summed E-state index contributed by atoms with van der Waals surface area (Å²) in [5.41, 5.74) is 3.69. The standard InChI is InChI=1S/C16H22N2O3/c1-3-12-5-4-6-15(12)17-18-16(19)11-21-14-9-7-13(20-2)8-10-14/h7-10,12H,3-6,11H2,1-2H3,(H,18,19). The Kier molecular flexibility index (Phi) is 5.60. The lowest BCUT2D eigenvalue weighted by Gasteiger charge is -2.08. The number of hydrogen-bond acceptors (Lipinski definition) is 4. The van der Waals surface area contributed by atoms with Gasteiger partial charge in [-0.05, 0) is 55.9 Å². The van der Waals surface area contributed by atoms with Gasteiger partial charge in [-0.25, -0.2) is 5.43 Å². The normalized spacial score (nSPS) is 19.5. The fraction of sp³-hybridized carbons (Fsp3) is 0.500. The molecule has 1 atom stereocenters. The average Bonchev–Trinajstić information content (AvgIpc) is 2.99. The van der Waals surface area contributed by atoms with Crippen LogP contribution in [0.25, 0.3) is 0 Å². The highest BCUT2D eigenvalue weighted by Gasteiger charge is 2.20. The first-order valence-corrected chi connectivity index (χ1v) is 7.35. The Bertz CT molecular complexity index is 497. The van der Waals surface area contributed by atoms with E-state index in [4.69, 9.17) is 9.47 Å². The molecule has 0 aliphatic heterocycles. The van der Waals surface area contributed by atoms with Crippen LogP contribution in [0, 0.1) is 5.92 Å². The van der Waals surface area contributed by atoms with E-state index in [1.54, 1.807) is 31.4 Å². The largest absolute Gasteiger partial charge is 0.497 e. The summed E-state index contributed by atoms with van der Waals surface area (Å²) in [5, 5.41) is 4.23. The third-order valence-corrected chi connectivity index (χ3v) is 3.70. The Morgan fingerprint density at radius 3 is 2.71 bits per heavy atom. The van der Waals surface area contributed by atoms with Crippen LogP contribution in [0.4, 0.5) is 0 Å². The van der Waals surface area contributed by atoms with Crippen molar-refractivity contribution in [3.8, 4) is 11.5 Å². The van der Waals surface area contributed by atoms with Crippen molar-refractivity contribution >= 4 is 11.6 Å².